The molecule has 3 aromatic rings. The number of aliphatic hydroxyl groups is 1. The minimum absolute atomic E-state index is 0.0270. The summed E-state index contributed by atoms with van der Waals surface area (Å²) in [5, 5.41) is 38.7. The fourth-order valence-electron chi connectivity index (χ4n) is 4.04. The van der Waals surface area contributed by atoms with Crippen LogP contribution in [-0.4, -0.2) is 73.6 Å². The standard InChI is InChI=1S/C22H20F5N7O2.C2HF3O2/c1-12(22(25,26)27)31-20(36)14-4-17(24)19(5-16(14)23)33-10-21(11-33,2-3-28)34-8-15(18(9-35)32-34)13-6-29-30-7-13;3-2(4,5)1(6)7/h4-8,12,35H,2,9-11H2,1H3,(H,29,30)(H,31,36);(H,6,7). The number of aliphatic hydroxyl groups excluding tert-OH is 1. The lowest BCUT2D eigenvalue weighted by Crippen LogP contribution is -2.63. The highest BCUT2D eigenvalue weighted by molar-refractivity contribution is 5.95. The SMILES string of the molecule is CC(NC(=O)c1cc(F)c(N2CC(CC#N)(n3cc(-c4cn[nH]c4)c(CO)n3)C2)cc1F)C(F)(F)F.O=C(O)C(F)(F)F. The molecule has 0 saturated carbocycles. The van der Waals surface area contributed by atoms with Gasteiger partial charge in [0.25, 0.3) is 5.91 Å². The number of carbonyl (C=O) groups is 2. The van der Waals surface area contributed by atoms with E-state index in [1.807, 2.05) is 0 Å². The molecule has 1 atom stereocenters. The molecule has 0 radical (unpaired) electrons. The summed E-state index contributed by atoms with van der Waals surface area (Å²) in [6.07, 6.45) is -5.07. The van der Waals surface area contributed by atoms with Crippen molar-refractivity contribution >= 4 is 17.6 Å². The molecule has 3 heterocycles. The number of aromatic nitrogens is 4. The minimum atomic E-state index is -5.08. The average molecular weight is 623 g/mol. The smallest absolute Gasteiger partial charge is 0.475 e. The zero-order valence-corrected chi connectivity index (χ0v) is 21.8. The van der Waals surface area contributed by atoms with Crippen molar-refractivity contribution in [1.29, 1.82) is 5.26 Å². The van der Waals surface area contributed by atoms with E-state index in [0.29, 0.717) is 29.8 Å². The van der Waals surface area contributed by atoms with Gasteiger partial charge in [-0.25, -0.2) is 13.6 Å². The maximum absolute atomic E-state index is 14.8. The Bertz CT molecular complexity index is 1510. The van der Waals surface area contributed by atoms with Gasteiger partial charge in [-0.1, -0.05) is 0 Å². The Kier molecular flexibility index (Phi) is 9.34. The summed E-state index contributed by atoms with van der Waals surface area (Å²) >= 11 is 0. The van der Waals surface area contributed by atoms with Gasteiger partial charge in [0.05, 0.1) is 42.2 Å². The number of nitriles is 1. The number of alkyl halides is 6. The van der Waals surface area contributed by atoms with Crippen LogP contribution in [0.5, 0.6) is 0 Å². The lowest BCUT2D eigenvalue weighted by molar-refractivity contribution is -0.192. The lowest BCUT2D eigenvalue weighted by atomic mass is 9.86. The van der Waals surface area contributed by atoms with Gasteiger partial charge in [-0.3, -0.25) is 14.6 Å². The van der Waals surface area contributed by atoms with Gasteiger partial charge in [-0.15, -0.1) is 0 Å². The van der Waals surface area contributed by atoms with Crippen LogP contribution in [0.1, 0.15) is 29.4 Å². The van der Waals surface area contributed by atoms with Crippen LogP contribution in [0.25, 0.3) is 11.1 Å². The molecule has 2 aromatic heterocycles. The number of aliphatic carboxylic acids is 1. The third-order valence-corrected chi connectivity index (χ3v) is 6.32. The van der Waals surface area contributed by atoms with Crippen LogP contribution in [0.2, 0.25) is 0 Å². The Morgan fingerprint density at radius 1 is 1.19 bits per heavy atom. The van der Waals surface area contributed by atoms with E-state index in [4.69, 9.17) is 9.90 Å². The van der Waals surface area contributed by atoms with Crippen molar-refractivity contribution in [2.24, 2.45) is 0 Å². The highest BCUT2D eigenvalue weighted by Crippen LogP contribution is 2.39. The van der Waals surface area contributed by atoms with Gasteiger partial charge in [-0.05, 0) is 13.0 Å². The first-order valence-electron chi connectivity index (χ1n) is 11.9. The number of nitrogens with one attached hydrogen (secondary N) is 2. The van der Waals surface area contributed by atoms with E-state index < -0.39 is 53.0 Å². The summed E-state index contributed by atoms with van der Waals surface area (Å²) in [5.74, 6) is -6.36. The normalized spacial score (nSPS) is 15.0. The van der Waals surface area contributed by atoms with Crippen molar-refractivity contribution in [1.82, 2.24) is 25.3 Å². The van der Waals surface area contributed by atoms with Crippen LogP contribution >= 0.6 is 0 Å². The van der Waals surface area contributed by atoms with Gasteiger partial charge in [0, 0.05) is 42.7 Å². The molecule has 1 fully saturated rings. The number of carbonyl (C=O) groups excluding carboxylic acids is 1. The zero-order valence-electron chi connectivity index (χ0n) is 21.8. The Morgan fingerprint density at radius 3 is 2.30 bits per heavy atom. The first-order valence-corrected chi connectivity index (χ1v) is 11.9. The molecule has 0 aliphatic carbocycles. The van der Waals surface area contributed by atoms with Gasteiger partial charge in [0.1, 0.15) is 23.2 Å². The fraction of sp³-hybridized carbons (Fsp3) is 0.375. The average Bonchev–Trinajstić information content (AvgIpc) is 3.56. The van der Waals surface area contributed by atoms with Gasteiger partial charge in [0.15, 0.2) is 0 Å². The first-order chi connectivity index (χ1) is 19.9. The van der Waals surface area contributed by atoms with Crippen molar-refractivity contribution in [3.05, 3.63) is 53.6 Å². The summed E-state index contributed by atoms with van der Waals surface area (Å²) in [6.45, 7) is 0.400. The molecule has 1 saturated heterocycles. The van der Waals surface area contributed by atoms with Crippen LogP contribution in [0, 0.1) is 23.0 Å². The largest absolute Gasteiger partial charge is 0.490 e. The molecule has 11 nitrogen and oxygen atoms in total. The number of aromatic amines is 1. The quantitative estimate of drug-likeness (QED) is 0.291. The Morgan fingerprint density at radius 2 is 1.81 bits per heavy atom. The molecule has 43 heavy (non-hydrogen) atoms. The predicted molar refractivity (Wildman–Crippen MR) is 129 cm³/mol. The number of carboxylic acids is 1. The third-order valence-electron chi connectivity index (χ3n) is 6.32. The Labute approximate surface area is 236 Å². The molecule has 1 unspecified atom stereocenters. The molecular weight excluding hydrogens is 602 g/mol. The fourth-order valence-corrected chi connectivity index (χ4v) is 4.04. The van der Waals surface area contributed by atoms with E-state index in [1.54, 1.807) is 17.7 Å². The van der Waals surface area contributed by atoms with Gasteiger partial charge < -0.3 is 20.4 Å². The van der Waals surface area contributed by atoms with Crippen molar-refractivity contribution in [3.8, 4) is 17.2 Å². The van der Waals surface area contributed by atoms with Crippen LogP contribution in [-0.2, 0) is 16.9 Å². The molecular formula is C24H21F8N7O4. The molecule has 0 bridgehead atoms. The number of rotatable bonds is 7. The van der Waals surface area contributed by atoms with Gasteiger partial charge >= 0.3 is 18.3 Å². The number of anilines is 1. The highest BCUT2D eigenvalue weighted by atomic mass is 19.4. The monoisotopic (exact) mass is 623 g/mol. The van der Waals surface area contributed by atoms with Crippen molar-refractivity contribution in [3.63, 3.8) is 0 Å². The number of benzene rings is 1. The maximum atomic E-state index is 14.8. The molecule has 1 aromatic carbocycles. The van der Waals surface area contributed by atoms with Gasteiger partial charge in [0.2, 0.25) is 0 Å². The summed E-state index contributed by atoms with van der Waals surface area (Å²) in [6, 6.07) is 1.09. The van der Waals surface area contributed by atoms with Crippen LogP contribution < -0.4 is 10.2 Å². The molecule has 232 valence electrons. The van der Waals surface area contributed by atoms with Crippen molar-refractivity contribution in [2.75, 3.05) is 18.0 Å². The molecule has 4 rings (SSSR count). The van der Waals surface area contributed by atoms with Crippen LogP contribution in [0.3, 0.4) is 0 Å². The zero-order chi connectivity index (χ0) is 32.3. The van der Waals surface area contributed by atoms with E-state index >= 15 is 0 Å². The highest BCUT2D eigenvalue weighted by Gasteiger charge is 2.47. The van der Waals surface area contributed by atoms with E-state index in [2.05, 4.69) is 21.4 Å². The summed E-state index contributed by atoms with van der Waals surface area (Å²) in [4.78, 5) is 22.4. The third kappa shape index (κ3) is 7.20. The van der Waals surface area contributed by atoms with Crippen molar-refractivity contribution < 1.29 is 54.9 Å². The van der Waals surface area contributed by atoms with Gasteiger partial charge in [-0.2, -0.15) is 41.8 Å². The second kappa shape index (κ2) is 12.2. The maximum Gasteiger partial charge on any atom is 0.490 e. The van der Waals surface area contributed by atoms with Crippen LogP contribution in [0.4, 0.5) is 40.8 Å². The number of carboxylic acid groups (broad SMARTS) is 1. The molecule has 19 heteroatoms. The topological polar surface area (TPSA) is 160 Å². The predicted octanol–water partition coefficient (Wildman–Crippen LogP) is 3.49. The number of hydrogen-bond donors (Lipinski definition) is 4. The summed E-state index contributed by atoms with van der Waals surface area (Å²) in [5.41, 5.74) is -0.403. The molecule has 4 N–H and O–H groups in total. The second-order valence-electron chi connectivity index (χ2n) is 9.32. The summed E-state index contributed by atoms with van der Waals surface area (Å²) in [7, 11) is 0. The lowest BCUT2D eigenvalue weighted by Gasteiger charge is -2.50. The second-order valence-corrected chi connectivity index (χ2v) is 9.32. The number of nitrogens with zero attached hydrogens (tertiary/aromatic N) is 5. The number of H-pyrrole nitrogens is 1. The number of hydrogen-bond acceptors (Lipinski definition) is 7. The van der Waals surface area contributed by atoms with E-state index in [1.165, 1.54) is 15.8 Å². The molecule has 1 aliphatic rings. The van der Waals surface area contributed by atoms with E-state index in [-0.39, 0.29) is 31.8 Å². The molecule has 1 aliphatic heterocycles. The van der Waals surface area contributed by atoms with E-state index in [9.17, 15) is 50.3 Å². The minimum Gasteiger partial charge on any atom is -0.475 e. The van der Waals surface area contributed by atoms with E-state index in [0.717, 1.165) is 6.07 Å². The number of halogens is 8. The van der Waals surface area contributed by atoms with Crippen molar-refractivity contribution in [2.45, 2.75) is 43.9 Å². The molecule has 0 spiro atoms. The first kappa shape index (κ1) is 32.8. The summed E-state index contributed by atoms with van der Waals surface area (Å²) < 4.78 is 101. The molecule has 1 amide bonds. The Balaban J connectivity index is 0.000000646. The Hall–Kier alpha value is -4.73. The number of amides is 1. The van der Waals surface area contributed by atoms with Crippen LogP contribution in [0.15, 0.2) is 30.7 Å².